The van der Waals surface area contributed by atoms with E-state index in [1.807, 2.05) is 6.92 Å². The molecule has 0 fully saturated rings. The van der Waals surface area contributed by atoms with Gasteiger partial charge in [-0.2, -0.15) is 0 Å². The van der Waals surface area contributed by atoms with Gasteiger partial charge in [0.15, 0.2) is 5.78 Å². The minimum atomic E-state index is 0.152. The normalized spacial score (nSPS) is 22.9. The van der Waals surface area contributed by atoms with E-state index < -0.39 is 0 Å². The monoisotopic (exact) mass is 192 g/mol. The van der Waals surface area contributed by atoms with Crippen molar-refractivity contribution < 1.29 is 4.79 Å². The van der Waals surface area contributed by atoms with Crippen LogP contribution in [0.5, 0.6) is 0 Å². The van der Waals surface area contributed by atoms with Crippen LogP contribution in [0.3, 0.4) is 0 Å². The van der Waals surface area contributed by atoms with Crippen molar-refractivity contribution in [1.82, 2.24) is 0 Å². The van der Waals surface area contributed by atoms with Gasteiger partial charge >= 0.3 is 0 Å². The third-order valence-corrected chi connectivity index (χ3v) is 2.56. The molecule has 14 heavy (non-hydrogen) atoms. The van der Waals surface area contributed by atoms with Gasteiger partial charge in [0.25, 0.3) is 0 Å². The second-order valence-corrected chi connectivity index (χ2v) is 4.42. The summed E-state index contributed by atoms with van der Waals surface area (Å²) in [6.45, 7) is 6.14. The molecule has 0 radical (unpaired) electrons. The van der Waals surface area contributed by atoms with Crippen molar-refractivity contribution in [2.45, 2.75) is 40.0 Å². The standard InChI is InChI=1S/C13H20O/c1-10(2)9-11(3)13(14)12-7-5-4-6-8-12/h5,7,9-10,12H,4,6,8H2,1-3H3. The Kier molecular flexibility index (Phi) is 4.12. The molecule has 0 amide bonds. The average molecular weight is 192 g/mol. The fourth-order valence-electron chi connectivity index (χ4n) is 1.91. The Morgan fingerprint density at radius 3 is 2.71 bits per heavy atom. The first-order valence-corrected chi connectivity index (χ1v) is 5.50. The van der Waals surface area contributed by atoms with Crippen molar-refractivity contribution in [3.8, 4) is 0 Å². The Hall–Kier alpha value is -0.850. The molecule has 1 unspecified atom stereocenters. The molecule has 1 atom stereocenters. The summed E-state index contributed by atoms with van der Waals surface area (Å²) in [5.41, 5.74) is 0.927. The lowest BCUT2D eigenvalue weighted by molar-refractivity contribution is -0.118. The van der Waals surface area contributed by atoms with Gasteiger partial charge in [-0.1, -0.05) is 32.1 Å². The molecular weight excluding hydrogens is 172 g/mol. The summed E-state index contributed by atoms with van der Waals surface area (Å²) in [6, 6.07) is 0. The molecule has 1 aliphatic rings. The maximum absolute atomic E-state index is 11.9. The minimum Gasteiger partial charge on any atom is -0.294 e. The van der Waals surface area contributed by atoms with E-state index in [1.165, 1.54) is 0 Å². The van der Waals surface area contributed by atoms with Crippen molar-refractivity contribution in [1.29, 1.82) is 0 Å². The van der Waals surface area contributed by atoms with E-state index in [2.05, 4.69) is 32.1 Å². The van der Waals surface area contributed by atoms with Crippen LogP contribution in [0.15, 0.2) is 23.8 Å². The minimum absolute atomic E-state index is 0.152. The zero-order valence-corrected chi connectivity index (χ0v) is 9.42. The highest BCUT2D eigenvalue weighted by Crippen LogP contribution is 2.21. The number of carbonyl (C=O) groups is 1. The molecule has 0 spiro atoms. The van der Waals surface area contributed by atoms with E-state index in [0.717, 1.165) is 24.8 Å². The second-order valence-electron chi connectivity index (χ2n) is 4.42. The van der Waals surface area contributed by atoms with Crippen molar-refractivity contribution in [3.63, 3.8) is 0 Å². The van der Waals surface area contributed by atoms with Gasteiger partial charge in [0.2, 0.25) is 0 Å². The predicted molar refractivity (Wildman–Crippen MR) is 60.1 cm³/mol. The fraction of sp³-hybridized carbons (Fsp3) is 0.615. The number of ketones is 1. The van der Waals surface area contributed by atoms with Crippen LogP contribution in [0.2, 0.25) is 0 Å². The van der Waals surface area contributed by atoms with Crippen molar-refractivity contribution in [3.05, 3.63) is 23.8 Å². The van der Waals surface area contributed by atoms with E-state index in [9.17, 15) is 4.79 Å². The molecule has 0 aromatic carbocycles. The van der Waals surface area contributed by atoms with Crippen LogP contribution in [-0.4, -0.2) is 5.78 Å². The summed E-state index contributed by atoms with van der Waals surface area (Å²) >= 11 is 0. The van der Waals surface area contributed by atoms with Crippen LogP contribution in [-0.2, 0) is 4.79 Å². The van der Waals surface area contributed by atoms with E-state index in [-0.39, 0.29) is 5.92 Å². The summed E-state index contributed by atoms with van der Waals surface area (Å²) < 4.78 is 0. The molecule has 1 nitrogen and oxygen atoms in total. The smallest absolute Gasteiger partial charge is 0.165 e. The molecule has 78 valence electrons. The molecule has 0 saturated heterocycles. The van der Waals surface area contributed by atoms with Crippen LogP contribution in [0.25, 0.3) is 0 Å². The van der Waals surface area contributed by atoms with Crippen LogP contribution in [0.1, 0.15) is 40.0 Å². The number of rotatable bonds is 3. The predicted octanol–water partition coefficient (Wildman–Crippen LogP) is 3.51. The van der Waals surface area contributed by atoms with E-state index >= 15 is 0 Å². The van der Waals surface area contributed by atoms with Gasteiger partial charge in [0.05, 0.1) is 0 Å². The highest BCUT2D eigenvalue weighted by Gasteiger charge is 2.18. The number of carbonyl (C=O) groups excluding carboxylic acids is 1. The zero-order chi connectivity index (χ0) is 10.6. The Morgan fingerprint density at radius 1 is 1.50 bits per heavy atom. The zero-order valence-electron chi connectivity index (χ0n) is 9.42. The molecular formula is C13H20O. The van der Waals surface area contributed by atoms with Gasteiger partial charge in [-0.05, 0) is 37.7 Å². The van der Waals surface area contributed by atoms with Crippen LogP contribution >= 0.6 is 0 Å². The number of hydrogen-bond acceptors (Lipinski definition) is 1. The number of Topliss-reactive ketones (excluding diaryl/α,β-unsaturated/α-hetero) is 1. The molecule has 1 aliphatic carbocycles. The summed E-state index contributed by atoms with van der Waals surface area (Å²) in [6.07, 6.45) is 9.58. The summed E-state index contributed by atoms with van der Waals surface area (Å²) in [5, 5.41) is 0. The van der Waals surface area contributed by atoms with E-state index in [4.69, 9.17) is 0 Å². The van der Waals surface area contributed by atoms with Crippen LogP contribution in [0.4, 0.5) is 0 Å². The van der Waals surface area contributed by atoms with Crippen molar-refractivity contribution in [2.75, 3.05) is 0 Å². The largest absolute Gasteiger partial charge is 0.294 e. The molecule has 0 aromatic heterocycles. The highest BCUT2D eigenvalue weighted by molar-refractivity contribution is 5.97. The maximum Gasteiger partial charge on any atom is 0.165 e. The molecule has 1 heteroatoms. The van der Waals surface area contributed by atoms with Crippen LogP contribution in [0, 0.1) is 11.8 Å². The molecule has 1 rings (SSSR count). The third kappa shape index (κ3) is 3.13. The number of allylic oxidation sites excluding steroid dienone is 4. The second kappa shape index (κ2) is 5.14. The first kappa shape index (κ1) is 11.2. The molecule has 0 bridgehead atoms. The first-order valence-electron chi connectivity index (χ1n) is 5.50. The van der Waals surface area contributed by atoms with Crippen molar-refractivity contribution in [2.24, 2.45) is 11.8 Å². The molecule has 0 aliphatic heterocycles. The molecule has 0 N–H and O–H groups in total. The van der Waals surface area contributed by atoms with Gasteiger partial charge in [0.1, 0.15) is 0 Å². The molecule has 0 heterocycles. The Balaban J connectivity index is 2.64. The van der Waals surface area contributed by atoms with Gasteiger partial charge < -0.3 is 0 Å². The van der Waals surface area contributed by atoms with Crippen LogP contribution < -0.4 is 0 Å². The summed E-state index contributed by atoms with van der Waals surface area (Å²) in [5.74, 6) is 0.930. The Morgan fingerprint density at radius 2 is 2.21 bits per heavy atom. The average Bonchev–Trinajstić information content (AvgIpc) is 2.17. The Labute approximate surface area is 86.9 Å². The Bertz CT molecular complexity index is 258. The number of hydrogen-bond donors (Lipinski definition) is 0. The first-order chi connectivity index (χ1) is 6.61. The quantitative estimate of drug-likeness (QED) is 0.494. The van der Waals surface area contributed by atoms with E-state index in [1.54, 1.807) is 0 Å². The lowest BCUT2D eigenvalue weighted by Crippen LogP contribution is -2.15. The highest BCUT2D eigenvalue weighted by atomic mass is 16.1. The SMILES string of the molecule is CC(=CC(C)C)C(=O)C1C=CCCC1. The van der Waals surface area contributed by atoms with Gasteiger partial charge in [-0.3, -0.25) is 4.79 Å². The third-order valence-electron chi connectivity index (χ3n) is 2.56. The van der Waals surface area contributed by atoms with Gasteiger partial charge in [-0.15, -0.1) is 0 Å². The topological polar surface area (TPSA) is 17.1 Å². The maximum atomic E-state index is 11.9. The fourth-order valence-corrected chi connectivity index (χ4v) is 1.91. The molecule has 0 saturated carbocycles. The van der Waals surface area contributed by atoms with Gasteiger partial charge in [-0.25, -0.2) is 0 Å². The lowest BCUT2D eigenvalue weighted by atomic mass is 9.88. The molecule has 0 aromatic rings. The summed E-state index contributed by atoms with van der Waals surface area (Å²) in [7, 11) is 0. The van der Waals surface area contributed by atoms with E-state index in [0.29, 0.717) is 11.7 Å². The van der Waals surface area contributed by atoms with Gasteiger partial charge in [0, 0.05) is 5.92 Å². The lowest BCUT2D eigenvalue weighted by Gasteiger charge is -2.15. The van der Waals surface area contributed by atoms with Crippen molar-refractivity contribution >= 4 is 5.78 Å². The summed E-state index contributed by atoms with van der Waals surface area (Å²) in [4.78, 5) is 11.9.